The van der Waals surface area contributed by atoms with Crippen molar-refractivity contribution in [2.45, 2.75) is 13.0 Å². The minimum atomic E-state index is -0.226. The van der Waals surface area contributed by atoms with Crippen LogP contribution in [0.2, 0.25) is 0 Å². The van der Waals surface area contributed by atoms with E-state index in [1.54, 1.807) is 18.6 Å². The Morgan fingerprint density at radius 3 is 2.75 bits per heavy atom. The largest absolute Gasteiger partial charge is 0.382 e. The zero-order valence-electron chi connectivity index (χ0n) is 15.0. The van der Waals surface area contributed by atoms with E-state index in [0.29, 0.717) is 5.82 Å². The molecule has 9 nitrogen and oxygen atoms in total. The molecule has 1 atom stereocenters. The topological polar surface area (TPSA) is 144 Å². The summed E-state index contributed by atoms with van der Waals surface area (Å²) < 4.78 is 2.02. The molecule has 0 amide bonds. The lowest BCUT2D eigenvalue weighted by molar-refractivity contribution is 0.872. The monoisotopic (exact) mass is 371 g/mol. The van der Waals surface area contributed by atoms with Gasteiger partial charge >= 0.3 is 0 Å². The first-order valence-corrected chi connectivity index (χ1v) is 8.54. The van der Waals surface area contributed by atoms with Gasteiger partial charge in [0, 0.05) is 24.2 Å². The van der Waals surface area contributed by atoms with Crippen molar-refractivity contribution in [1.82, 2.24) is 24.5 Å². The highest BCUT2D eigenvalue weighted by atomic mass is 15.1. The van der Waals surface area contributed by atoms with Gasteiger partial charge in [0.25, 0.3) is 0 Å². The first kappa shape index (κ1) is 17.2. The average molecular weight is 371 g/mol. The number of nitrogens with one attached hydrogen (secondary N) is 1. The summed E-state index contributed by atoms with van der Waals surface area (Å²) in [5.41, 5.74) is 15.3. The van der Waals surface area contributed by atoms with Crippen molar-refractivity contribution in [1.29, 1.82) is 5.26 Å². The van der Waals surface area contributed by atoms with E-state index in [-0.39, 0.29) is 23.4 Å². The number of hydrogen-bond acceptors (Lipinski definition) is 8. The number of nitrogens with zero attached hydrogens (tertiary/aromatic N) is 6. The van der Waals surface area contributed by atoms with Crippen LogP contribution in [0.3, 0.4) is 0 Å². The molecule has 0 aliphatic carbocycles. The van der Waals surface area contributed by atoms with E-state index in [2.05, 4.69) is 25.3 Å². The van der Waals surface area contributed by atoms with Crippen molar-refractivity contribution < 1.29 is 0 Å². The summed E-state index contributed by atoms with van der Waals surface area (Å²) in [4.78, 5) is 16.7. The zero-order chi connectivity index (χ0) is 19.7. The molecule has 4 aromatic heterocycles. The SMILES string of the molecule is CC(Nc1nc(N)nc(N)c1C#N)c1cn(-c2cccnc2)c2cccnc12. The first-order valence-electron chi connectivity index (χ1n) is 8.54. The molecule has 4 aromatic rings. The minimum absolute atomic E-state index is 0.00196. The summed E-state index contributed by atoms with van der Waals surface area (Å²) in [6, 6.07) is 9.52. The second kappa shape index (κ2) is 6.85. The van der Waals surface area contributed by atoms with Gasteiger partial charge in [-0.15, -0.1) is 0 Å². The molecule has 0 aliphatic rings. The fourth-order valence-corrected chi connectivity index (χ4v) is 3.10. The number of aromatic nitrogens is 5. The van der Waals surface area contributed by atoms with Crippen molar-refractivity contribution in [3.05, 3.63) is 60.2 Å². The molecule has 0 saturated heterocycles. The van der Waals surface area contributed by atoms with Crippen LogP contribution < -0.4 is 16.8 Å². The molecule has 4 rings (SSSR count). The third-order valence-corrected chi connectivity index (χ3v) is 4.40. The van der Waals surface area contributed by atoms with Crippen LogP contribution in [0.4, 0.5) is 17.6 Å². The molecule has 0 aliphatic heterocycles. The van der Waals surface area contributed by atoms with E-state index < -0.39 is 0 Å². The molecule has 4 heterocycles. The number of fused-ring (bicyclic) bond motifs is 1. The molecule has 0 fully saturated rings. The van der Waals surface area contributed by atoms with Gasteiger partial charge in [-0.2, -0.15) is 15.2 Å². The molecule has 1 unspecified atom stereocenters. The van der Waals surface area contributed by atoms with Gasteiger partial charge < -0.3 is 21.4 Å². The Bertz CT molecular complexity index is 1190. The van der Waals surface area contributed by atoms with Crippen LogP contribution in [-0.4, -0.2) is 24.5 Å². The molecule has 0 radical (unpaired) electrons. The number of anilines is 3. The summed E-state index contributed by atoms with van der Waals surface area (Å²) in [7, 11) is 0. The Hall–Kier alpha value is -4.19. The third kappa shape index (κ3) is 2.93. The third-order valence-electron chi connectivity index (χ3n) is 4.40. The minimum Gasteiger partial charge on any atom is -0.382 e. The Morgan fingerprint density at radius 2 is 2.00 bits per heavy atom. The van der Waals surface area contributed by atoms with Crippen LogP contribution in [0.5, 0.6) is 0 Å². The quantitative estimate of drug-likeness (QED) is 0.496. The van der Waals surface area contributed by atoms with Crippen molar-refractivity contribution in [2.24, 2.45) is 0 Å². The van der Waals surface area contributed by atoms with E-state index >= 15 is 0 Å². The summed E-state index contributed by atoms with van der Waals surface area (Å²) >= 11 is 0. The molecular weight excluding hydrogens is 354 g/mol. The van der Waals surface area contributed by atoms with Crippen molar-refractivity contribution in [2.75, 3.05) is 16.8 Å². The van der Waals surface area contributed by atoms with Crippen molar-refractivity contribution >= 4 is 28.6 Å². The zero-order valence-corrected chi connectivity index (χ0v) is 15.0. The number of pyridine rings is 2. The highest BCUT2D eigenvalue weighted by Crippen LogP contribution is 2.30. The lowest BCUT2D eigenvalue weighted by Crippen LogP contribution is -2.13. The number of nitrogens with two attached hydrogens (primary N) is 2. The highest BCUT2D eigenvalue weighted by molar-refractivity contribution is 5.82. The molecule has 0 bridgehead atoms. The predicted octanol–water partition coefficient (Wildman–Crippen LogP) is 2.42. The molecule has 0 spiro atoms. The second-order valence-electron chi connectivity index (χ2n) is 6.21. The maximum atomic E-state index is 9.38. The van der Waals surface area contributed by atoms with Crippen LogP contribution in [0.25, 0.3) is 16.7 Å². The van der Waals surface area contributed by atoms with E-state index in [9.17, 15) is 5.26 Å². The van der Waals surface area contributed by atoms with Gasteiger partial charge in [0.2, 0.25) is 5.95 Å². The first-order chi connectivity index (χ1) is 13.6. The maximum absolute atomic E-state index is 9.38. The lowest BCUT2D eigenvalue weighted by atomic mass is 10.1. The fraction of sp³-hybridized carbons (Fsp3) is 0.105. The van der Waals surface area contributed by atoms with Gasteiger partial charge in [0.1, 0.15) is 17.5 Å². The number of hydrogen-bond donors (Lipinski definition) is 3. The smallest absolute Gasteiger partial charge is 0.224 e. The van der Waals surface area contributed by atoms with Gasteiger partial charge in [0.05, 0.1) is 29.0 Å². The normalized spacial score (nSPS) is 11.9. The highest BCUT2D eigenvalue weighted by Gasteiger charge is 2.19. The van der Waals surface area contributed by atoms with Gasteiger partial charge in [-0.1, -0.05) is 0 Å². The van der Waals surface area contributed by atoms with E-state index in [0.717, 1.165) is 22.3 Å². The van der Waals surface area contributed by atoms with Crippen molar-refractivity contribution in [3.8, 4) is 11.8 Å². The Labute approximate surface area is 160 Å². The number of nitriles is 1. The van der Waals surface area contributed by atoms with E-state index in [1.807, 2.05) is 48.0 Å². The summed E-state index contributed by atoms with van der Waals surface area (Å²) in [5, 5.41) is 12.6. The molecule has 9 heteroatoms. The number of nitrogen functional groups attached to an aromatic ring is 2. The van der Waals surface area contributed by atoms with Gasteiger partial charge in [-0.25, -0.2) is 0 Å². The van der Waals surface area contributed by atoms with Crippen LogP contribution in [-0.2, 0) is 0 Å². The van der Waals surface area contributed by atoms with Crippen molar-refractivity contribution in [3.63, 3.8) is 0 Å². The molecule has 5 N–H and O–H groups in total. The molecule has 0 aromatic carbocycles. The van der Waals surface area contributed by atoms with Crippen LogP contribution in [0.1, 0.15) is 24.1 Å². The standard InChI is InChI=1S/C19H17N9/c1-11(25-18-13(8-20)17(21)26-19(22)27-18)14-10-28(12-4-2-6-23-9-12)15-5-3-7-24-16(14)15/h2-7,9-11H,1H3,(H5,21,22,25,26,27). The lowest BCUT2D eigenvalue weighted by Gasteiger charge is -2.15. The molecule has 138 valence electrons. The van der Waals surface area contributed by atoms with Crippen LogP contribution >= 0.6 is 0 Å². The molecular formula is C19H17N9. The van der Waals surface area contributed by atoms with Crippen LogP contribution in [0, 0.1) is 11.3 Å². The number of rotatable bonds is 4. The second-order valence-corrected chi connectivity index (χ2v) is 6.21. The average Bonchev–Trinajstić information content (AvgIpc) is 3.08. The Morgan fingerprint density at radius 1 is 1.18 bits per heavy atom. The Kier molecular flexibility index (Phi) is 4.21. The molecule has 0 saturated carbocycles. The molecule has 28 heavy (non-hydrogen) atoms. The predicted molar refractivity (Wildman–Crippen MR) is 106 cm³/mol. The van der Waals surface area contributed by atoms with Gasteiger partial charge in [-0.05, 0) is 31.2 Å². The fourth-order valence-electron chi connectivity index (χ4n) is 3.10. The van der Waals surface area contributed by atoms with Gasteiger partial charge in [-0.3, -0.25) is 9.97 Å². The summed E-state index contributed by atoms with van der Waals surface area (Å²) in [6.45, 7) is 1.95. The van der Waals surface area contributed by atoms with E-state index in [1.165, 1.54) is 0 Å². The maximum Gasteiger partial charge on any atom is 0.224 e. The summed E-state index contributed by atoms with van der Waals surface area (Å²) in [5.74, 6) is 0.334. The summed E-state index contributed by atoms with van der Waals surface area (Å²) in [6.07, 6.45) is 7.25. The van der Waals surface area contributed by atoms with Gasteiger partial charge in [0.15, 0.2) is 5.82 Å². The van der Waals surface area contributed by atoms with Crippen LogP contribution in [0.15, 0.2) is 49.1 Å². The Balaban J connectivity index is 1.79. The van der Waals surface area contributed by atoms with E-state index in [4.69, 9.17) is 11.5 Å².